The third kappa shape index (κ3) is 8.24. The average molecular weight is 623 g/mol. The molecule has 0 aliphatic carbocycles. The van der Waals surface area contributed by atoms with Gasteiger partial charge in [0.1, 0.15) is 12.4 Å². The van der Waals surface area contributed by atoms with E-state index in [1.165, 1.54) is 13.3 Å². The first-order valence-electron chi connectivity index (χ1n) is 13.3. The number of hydrogen-bond donors (Lipinski definition) is 3. The number of nitrogens with zero attached hydrogens (tertiary/aromatic N) is 1. The number of allylic oxidation sites excluding steroid dienone is 1. The van der Waals surface area contributed by atoms with Crippen molar-refractivity contribution in [1.82, 2.24) is 16.1 Å². The van der Waals surface area contributed by atoms with E-state index in [-0.39, 0.29) is 19.8 Å². The Kier molecular flexibility index (Phi) is 11.0. The van der Waals surface area contributed by atoms with Crippen molar-refractivity contribution < 1.29 is 28.5 Å². The van der Waals surface area contributed by atoms with Crippen LogP contribution in [-0.4, -0.2) is 43.5 Å². The van der Waals surface area contributed by atoms with Crippen LogP contribution in [0.3, 0.4) is 0 Å². The van der Waals surface area contributed by atoms with Gasteiger partial charge in [-0.15, -0.1) is 0 Å². The van der Waals surface area contributed by atoms with Crippen LogP contribution < -0.4 is 30.3 Å². The number of amides is 1. The number of thiocarbonyl (C=S) groups is 1. The largest absolute Gasteiger partial charge is 0.493 e. The molecular formula is C31H31ClN4O6S. The normalized spacial score (nSPS) is 14.5. The number of methoxy groups -OCH3 is 1. The zero-order valence-corrected chi connectivity index (χ0v) is 25.4. The van der Waals surface area contributed by atoms with Gasteiger partial charge in [-0.25, -0.2) is 10.2 Å². The lowest BCUT2D eigenvalue weighted by Crippen LogP contribution is -2.45. The predicted octanol–water partition coefficient (Wildman–Crippen LogP) is 4.81. The van der Waals surface area contributed by atoms with Crippen LogP contribution >= 0.6 is 23.8 Å². The summed E-state index contributed by atoms with van der Waals surface area (Å²) in [6, 6.07) is 19.1. The molecule has 1 amide bonds. The molecule has 1 aliphatic heterocycles. The van der Waals surface area contributed by atoms with Gasteiger partial charge in [0, 0.05) is 21.8 Å². The van der Waals surface area contributed by atoms with Gasteiger partial charge < -0.3 is 29.6 Å². The maximum Gasteiger partial charge on any atom is 0.338 e. The summed E-state index contributed by atoms with van der Waals surface area (Å²) in [7, 11) is 1.54. The first-order chi connectivity index (χ1) is 20.8. The fraction of sp³-hybridized carbons (Fsp3) is 0.226. The fourth-order valence-electron chi connectivity index (χ4n) is 4.27. The molecule has 0 spiro atoms. The van der Waals surface area contributed by atoms with Crippen LogP contribution in [-0.2, 0) is 20.9 Å². The van der Waals surface area contributed by atoms with Gasteiger partial charge in [0.2, 0.25) is 0 Å². The molecule has 43 heavy (non-hydrogen) atoms. The lowest BCUT2D eigenvalue weighted by molar-refractivity contribution is -0.139. The summed E-state index contributed by atoms with van der Waals surface area (Å²) in [5.41, 5.74) is 5.55. The van der Waals surface area contributed by atoms with Crippen molar-refractivity contribution in [3.05, 3.63) is 99.7 Å². The van der Waals surface area contributed by atoms with Crippen LogP contribution in [0, 0.1) is 0 Å². The molecule has 0 radical (unpaired) electrons. The van der Waals surface area contributed by atoms with E-state index in [1.807, 2.05) is 18.2 Å². The van der Waals surface area contributed by atoms with E-state index in [0.717, 1.165) is 5.56 Å². The Labute approximate surface area is 260 Å². The number of benzene rings is 3. The number of nitrogens with one attached hydrogen (secondary N) is 3. The van der Waals surface area contributed by atoms with E-state index in [2.05, 4.69) is 21.2 Å². The summed E-state index contributed by atoms with van der Waals surface area (Å²) < 4.78 is 22.4. The summed E-state index contributed by atoms with van der Waals surface area (Å²) in [6.07, 6.45) is 1.48. The second kappa shape index (κ2) is 15.0. The Hall–Kier alpha value is -4.61. The highest BCUT2D eigenvalue weighted by atomic mass is 35.5. The number of hydrogen-bond acceptors (Lipinski definition) is 8. The van der Waals surface area contributed by atoms with Crippen LogP contribution in [0.15, 0.2) is 83.1 Å². The van der Waals surface area contributed by atoms with Gasteiger partial charge in [-0.1, -0.05) is 48.0 Å². The number of rotatable bonds is 12. The number of esters is 1. The monoisotopic (exact) mass is 622 g/mol. The zero-order chi connectivity index (χ0) is 30.8. The molecular weight excluding hydrogens is 592 g/mol. The highest BCUT2D eigenvalue weighted by Crippen LogP contribution is 2.34. The lowest BCUT2D eigenvalue weighted by Gasteiger charge is -2.30. The molecule has 0 fully saturated rings. The molecule has 1 aliphatic rings. The van der Waals surface area contributed by atoms with Gasteiger partial charge in [-0.2, -0.15) is 5.10 Å². The number of halogens is 1. The molecule has 0 aromatic heterocycles. The minimum Gasteiger partial charge on any atom is -0.493 e. The van der Waals surface area contributed by atoms with Gasteiger partial charge in [0.25, 0.3) is 5.91 Å². The Morgan fingerprint density at radius 3 is 2.58 bits per heavy atom. The van der Waals surface area contributed by atoms with E-state index < -0.39 is 17.9 Å². The summed E-state index contributed by atoms with van der Waals surface area (Å²) in [5.74, 6) is 0.473. The standard InChI is InChI=1S/C31H31ClN4O6S/c1-4-40-30(38)28-19(2)34-31(43)35-29(28)22-10-6-8-12-24(22)42-18-27(37)36-33-16-20-13-14-25(26(15-20)39-3)41-17-21-9-5-7-11-23(21)32/h5-16,29H,4,17-18H2,1-3H3,(H,36,37)(H2,34,35,43)/t29-/m1/s1. The van der Waals surface area contributed by atoms with Crippen LogP contribution in [0.2, 0.25) is 5.02 Å². The second-order valence-corrected chi connectivity index (χ2v) is 10.0. The Bertz CT molecular complexity index is 1560. The average Bonchev–Trinajstić information content (AvgIpc) is 2.99. The predicted molar refractivity (Wildman–Crippen MR) is 167 cm³/mol. The molecule has 3 aromatic carbocycles. The first-order valence-corrected chi connectivity index (χ1v) is 14.1. The molecule has 1 heterocycles. The summed E-state index contributed by atoms with van der Waals surface area (Å²) in [5, 5.41) is 11.1. The molecule has 0 bridgehead atoms. The van der Waals surface area contributed by atoms with Crippen molar-refractivity contribution in [3.63, 3.8) is 0 Å². The fourth-order valence-corrected chi connectivity index (χ4v) is 4.73. The van der Waals surface area contributed by atoms with Crippen molar-refractivity contribution in [2.75, 3.05) is 20.3 Å². The molecule has 10 nitrogen and oxygen atoms in total. The third-order valence-corrected chi connectivity index (χ3v) is 6.87. The number of carbonyl (C=O) groups is 2. The van der Waals surface area contributed by atoms with Crippen molar-refractivity contribution in [3.8, 4) is 17.2 Å². The topological polar surface area (TPSA) is 120 Å². The number of ether oxygens (including phenoxy) is 4. The lowest BCUT2D eigenvalue weighted by atomic mass is 9.95. The van der Waals surface area contributed by atoms with Gasteiger partial charge in [0.05, 0.1) is 31.5 Å². The van der Waals surface area contributed by atoms with E-state index in [4.69, 9.17) is 42.8 Å². The molecule has 12 heteroatoms. The first kappa shape index (κ1) is 31.3. The zero-order valence-electron chi connectivity index (χ0n) is 23.8. The number of hydrazone groups is 1. The summed E-state index contributed by atoms with van der Waals surface area (Å²) in [4.78, 5) is 25.3. The van der Waals surface area contributed by atoms with E-state index in [1.54, 1.807) is 62.4 Å². The van der Waals surface area contributed by atoms with Crippen LogP contribution in [0.1, 0.15) is 36.6 Å². The van der Waals surface area contributed by atoms with E-state index >= 15 is 0 Å². The van der Waals surface area contributed by atoms with Crippen molar-refractivity contribution in [1.29, 1.82) is 0 Å². The van der Waals surface area contributed by atoms with Crippen LogP contribution in [0.5, 0.6) is 17.2 Å². The molecule has 3 aromatic rings. The molecule has 224 valence electrons. The van der Waals surface area contributed by atoms with Gasteiger partial charge >= 0.3 is 5.97 Å². The highest BCUT2D eigenvalue weighted by molar-refractivity contribution is 7.80. The van der Waals surface area contributed by atoms with Crippen molar-refractivity contribution >= 4 is 47.0 Å². The quantitative estimate of drug-likeness (QED) is 0.113. The van der Waals surface area contributed by atoms with E-state index in [0.29, 0.717) is 49.8 Å². The SMILES string of the molecule is CCOC(=O)C1=C(C)NC(=S)N[C@@H]1c1ccccc1OCC(=O)NN=Cc1ccc(OCc2ccccc2Cl)c(OC)c1. The molecule has 1 atom stereocenters. The smallest absolute Gasteiger partial charge is 0.338 e. The third-order valence-electron chi connectivity index (χ3n) is 6.28. The molecule has 0 saturated heterocycles. The summed E-state index contributed by atoms with van der Waals surface area (Å²) >= 11 is 11.5. The maximum absolute atomic E-state index is 12.7. The molecule has 3 N–H and O–H groups in total. The Balaban J connectivity index is 1.37. The Morgan fingerprint density at radius 2 is 1.81 bits per heavy atom. The van der Waals surface area contributed by atoms with Gasteiger partial charge in [0.15, 0.2) is 23.2 Å². The highest BCUT2D eigenvalue weighted by Gasteiger charge is 2.32. The number of para-hydroxylation sites is 1. The van der Waals surface area contributed by atoms with Crippen LogP contribution in [0.25, 0.3) is 0 Å². The van der Waals surface area contributed by atoms with Crippen molar-refractivity contribution in [2.45, 2.75) is 26.5 Å². The minimum atomic E-state index is -0.628. The second-order valence-electron chi connectivity index (χ2n) is 9.20. The van der Waals surface area contributed by atoms with Crippen molar-refractivity contribution in [2.24, 2.45) is 5.10 Å². The summed E-state index contributed by atoms with van der Waals surface area (Å²) in [6.45, 7) is 3.67. The van der Waals surface area contributed by atoms with Crippen LogP contribution in [0.4, 0.5) is 0 Å². The molecule has 0 saturated carbocycles. The van der Waals surface area contributed by atoms with E-state index in [9.17, 15) is 9.59 Å². The van der Waals surface area contributed by atoms with Gasteiger partial charge in [-0.3, -0.25) is 4.79 Å². The minimum absolute atomic E-state index is 0.222. The molecule has 4 rings (SSSR count). The molecule has 0 unspecified atom stereocenters. The number of carbonyl (C=O) groups excluding carboxylic acids is 2. The maximum atomic E-state index is 12.7. The Morgan fingerprint density at radius 1 is 1.05 bits per heavy atom. The van der Waals surface area contributed by atoms with Gasteiger partial charge in [-0.05, 0) is 62.0 Å².